The summed E-state index contributed by atoms with van der Waals surface area (Å²) < 4.78 is 11.4. The summed E-state index contributed by atoms with van der Waals surface area (Å²) in [6.45, 7) is 7.01. The molecule has 0 saturated carbocycles. The Kier molecular flexibility index (Phi) is 12.9. The zero-order chi connectivity index (χ0) is 30.5. The van der Waals surface area contributed by atoms with Crippen molar-refractivity contribution in [3.8, 4) is 6.07 Å². The largest absolute Gasteiger partial charge is 0.504 e. The zero-order valence-corrected chi connectivity index (χ0v) is 25.6. The second-order valence-corrected chi connectivity index (χ2v) is 10.9. The summed E-state index contributed by atoms with van der Waals surface area (Å²) in [5, 5.41) is 15.9. The molecule has 2 aromatic carbocycles. The number of carbonyl (C=O) groups excluding carboxylic acids is 1. The predicted molar refractivity (Wildman–Crippen MR) is 168 cm³/mol. The minimum Gasteiger partial charge on any atom is -0.504 e. The van der Waals surface area contributed by atoms with Crippen molar-refractivity contribution >= 4 is 17.5 Å². The molecule has 2 unspecified atom stereocenters. The van der Waals surface area contributed by atoms with Gasteiger partial charge in [0.2, 0.25) is 0 Å². The number of methoxy groups -OCH3 is 1. The third-order valence-electron chi connectivity index (χ3n) is 7.17. The molecule has 1 aliphatic heterocycles. The molecule has 0 radical (unpaired) electrons. The minimum absolute atomic E-state index is 0.177. The first-order valence-electron chi connectivity index (χ1n) is 14.2. The molecule has 42 heavy (non-hydrogen) atoms. The number of hydrogen-bond acceptors (Lipinski definition) is 6. The normalized spacial score (nSPS) is 17.4. The van der Waals surface area contributed by atoms with Crippen LogP contribution in [0.3, 0.4) is 0 Å². The molecule has 1 aliphatic rings. The number of amides is 1. The summed E-state index contributed by atoms with van der Waals surface area (Å²) in [6, 6.07) is 17.7. The fourth-order valence-electron chi connectivity index (χ4n) is 4.58. The molecule has 4 N–H and O–H groups in total. The van der Waals surface area contributed by atoms with E-state index in [0.29, 0.717) is 24.1 Å². The van der Waals surface area contributed by atoms with Gasteiger partial charge in [-0.1, -0.05) is 53.6 Å². The predicted octanol–water partition coefficient (Wildman–Crippen LogP) is 5.87. The van der Waals surface area contributed by atoms with Crippen LogP contribution in [0.4, 0.5) is 0 Å². The van der Waals surface area contributed by atoms with Crippen molar-refractivity contribution in [2.45, 2.75) is 58.2 Å². The van der Waals surface area contributed by atoms with E-state index >= 15 is 0 Å². The maximum absolute atomic E-state index is 13.5. The van der Waals surface area contributed by atoms with Crippen LogP contribution >= 0.6 is 11.6 Å². The third-order valence-corrected chi connectivity index (χ3v) is 7.50. The van der Waals surface area contributed by atoms with Gasteiger partial charge in [0.05, 0.1) is 42.2 Å². The summed E-state index contributed by atoms with van der Waals surface area (Å²) in [7, 11) is 1.51. The maximum atomic E-state index is 13.5. The molecule has 222 valence electrons. The van der Waals surface area contributed by atoms with E-state index in [-0.39, 0.29) is 35.7 Å². The zero-order valence-electron chi connectivity index (χ0n) is 24.8. The smallest absolute Gasteiger partial charge is 0.253 e. The summed E-state index contributed by atoms with van der Waals surface area (Å²) in [5.74, 6) is 0.535. The number of aryl methyl sites for hydroxylation is 1. The number of halogens is 1. The molecule has 1 heterocycles. The molecule has 0 spiro atoms. The lowest BCUT2D eigenvalue weighted by molar-refractivity contribution is -0.117. The highest BCUT2D eigenvalue weighted by atomic mass is 35.5. The third kappa shape index (κ3) is 9.92. The summed E-state index contributed by atoms with van der Waals surface area (Å²) in [6.07, 6.45) is 8.86. The van der Waals surface area contributed by atoms with Crippen LogP contribution in [0, 0.1) is 18.3 Å². The number of nitrogens with zero attached hydrogens (tertiary/aromatic N) is 1. The molecule has 0 aliphatic carbocycles. The fourth-order valence-corrected chi connectivity index (χ4v) is 4.78. The summed E-state index contributed by atoms with van der Waals surface area (Å²) in [5.41, 5.74) is 11.2. The van der Waals surface area contributed by atoms with E-state index in [2.05, 4.69) is 60.9 Å². The Labute approximate surface area is 254 Å². The van der Waals surface area contributed by atoms with Crippen LogP contribution in [-0.4, -0.2) is 38.3 Å². The molecule has 8 heteroatoms. The molecule has 2 aromatic rings. The quantitative estimate of drug-likeness (QED) is 0.153. The van der Waals surface area contributed by atoms with E-state index in [1.165, 1.54) is 24.5 Å². The first-order valence-corrected chi connectivity index (χ1v) is 14.5. The van der Waals surface area contributed by atoms with Crippen LogP contribution in [-0.2, 0) is 20.7 Å². The lowest BCUT2D eigenvalue weighted by Crippen LogP contribution is -2.42. The number of allylic oxidation sites excluding steroid dienone is 3. The second-order valence-electron chi connectivity index (χ2n) is 10.5. The maximum Gasteiger partial charge on any atom is 0.253 e. The molecule has 3 rings (SSSR count). The van der Waals surface area contributed by atoms with Crippen LogP contribution in [0.5, 0.6) is 0 Å². The molecule has 0 saturated heterocycles. The number of benzene rings is 2. The van der Waals surface area contributed by atoms with Crippen molar-refractivity contribution in [2.75, 3.05) is 20.2 Å². The van der Waals surface area contributed by atoms with Crippen molar-refractivity contribution in [1.82, 2.24) is 10.6 Å². The highest BCUT2D eigenvalue weighted by Crippen LogP contribution is 2.25. The van der Waals surface area contributed by atoms with Crippen LogP contribution in [0.2, 0.25) is 0 Å². The Balaban J connectivity index is 1.70. The highest BCUT2D eigenvalue weighted by molar-refractivity contribution is 6.33. The monoisotopic (exact) mass is 588 g/mol. The van der Waals surface area contributed by atoms with Gasteiger partial charge in [0.1, 0.15) is 11.9 Å². The van der Waals surface area contributed by atoms with Gasteiger partial charge in [-0.25, -0.2) is 0 Å². The summed E-state index contributed by atoms with van der Waals surface area (Å²) >= 11 is 6.59. The summed E-state index contributed by atoms with van der Waals surface area (Å²) in [4.78, 5) is 13.5. The Hall–Kier alpha value is -3.83. The van der Waals surface area contributed by atoms with Crippen LogP contribution < -0.4 is 16.4 Å². The van der Waals surface area contributed by atoms with Gasteiger partial charge in [-0.3, -0.25) is 4.79 Å². The molecular weight excluding hydrogens is 548 g/mol. The number of nitrogens with two attached hydrogens (primary N) is 1. The average molecular weight is 589 g/mol. The van der Waals surface area contributed by atoms with Gasteiger partial charge in [-0.15, -0.1) is 0 Å². The van der Waals surface area contributed by atoms with Crippen molar-refractivity contribution < 1.29 is 14.3 Å². The van der Waals surface area contributed by atoms with Gasteiger partial charge in [0.25, 0.3) is 5.91 Å². The van der Waals surface area contributed by atoms with Gasteiger partial charge in [-0.2, -0.15) is 5.26 Å². The standard InChI is InChI=1S/C34H41ClN4O3/c1-23-8-14-28(15-9-23)25(3)38-22-30-6-5-7-33(42-30)24(2)18-31(32(35)16-17-41-4)34(40)39-29(21-37)19-26-10-12-27(20-36)13-11-26/h6,8-18,25,29,33,38H,5,7,19,21-22,37H2,1-4H3,(H,39,40)/b17-16+,24-18+,32-31-/t25?,29-,33?/m1/s1. The van der Waals surface area contributed by atoms with Gasteiger partial charge in [-0.05, 0) is 87.1 Å². The van der Waals surface area contributed by atoms with Gasteiger partial charge >= 0.3 is 0 Å². The molecule has 0 aromatic heterocycles. The lowest BCUT2D eigenvalue weighted by Gasteiger charge is -2.27. The van der Waals surface area contributed by atoms with Gasteiger partial charge in [0, 0.05) is 18.6 Å². The van der Waals surface area contributed by atoms with E-state index < -0.39 is 0 Å². The van der Waals surface area contributed by atoms with Crippen LogP contribution in [0.25, 0.3) is 0 Å². The van der Waals surface area contributed by atoms with Crippen molar-refractivity contribution in [3.63, 3.8) is 0 Å². The van der Waals surface area contributed by atoms with Crippen LogP contribution in [0.1, 0.15) is 55.0 Å². The van der Waals surface area contributed by atoms with Crippen LogP contribution in [0.15, 0.2) is 95.0 Å². The molecule has 0 fully saturated rings. The van der Waals surface area contributed by atoms with E-state index in [4.69, 9.17) is 32.1 Å². The van der Waals surface area contributed by atoms with E-state index in [0.717, 1.165) is 29.7 Å². The van der Waals surface area contributed by atoms with E-state index in [1.807, 2.05) is 19.1 Å². The highest BCUT2D eigenvalue weighted by Gasteiger charge is 2.22. The van der Waals surface area contributed by atoms with Gasteiger partial charge < -0.3 is 25.8 Å². The molecule has 3 atom stereocenters. The Morgan fingerprint density at radius 2 is 1.95 bits per heavy atom. The first-order chi connectivity index (χ1) is 20.2. The SMILES string of the molecule is CO/C=C/C(Cl)=C(\C=C(/C)C1CCC=C(CNC(C)c2ccc(C)cc2)O1)C(=O)N[C@@H](CN)Cc1ccc(C#N)cc1. The Morgan fingerprint density at radius 3 is 2.60 bits per heavy atom. The van der Waals surface area contributed by atoms with Crippen molar-refractivity contribution in [2.24, 2.45) is 5.73 Å². The lowest BCUT2D eigenvalue weighted by atomic mass is 10.00. The Bertz CT molecular complexity index is 1350. The van der Waals surface area contributed by atoms with Gasteiger partial charge in [0.15, 0.2) is 0 Å². The Morgan fingerprint density at radius 1 is 1.24 bits per heavy atom. The first kappa shape index (κ1) is 32.7. The number of rotatable bonds is 13. The number of ether oxygens (including phenoxy) is 2. The van der Waals surface area contributed by atoms with E-state index in [1.54, 1.807) is 24.3 Å². The molecular formula is C34H41ClN4O3. The van der Waals surface area contributed by atoms with Crippen molar-refractivity contribution in [3.05, 3.63) is 117 Å². The minimum atomic E-state index is -0.343. The molecule has 7 nitrogen and oxygen atoms in total. The number of hydrogen-bond donors (Lipinski definition) is 3. The number of nitrogens with one attached hydrogen (secondary N) is 2. The number of nitriles is 1. The topological polar surface area (TPSA) is 109 Å². The second kappa shape index (κ2) is 16.6. The number of carbonyl (C=O) groups is 1. The van der Waals surface area contributed by atoms with Crippen molar-refractivity contribution in [1.29, 1.82) is 5.26 Å². The molecule has 0 bridgehead atoms. The molecule has 1 amide bonds. The average Bonchev–Trinajstić information content (AvgIpc) is 3.01. The fraction of sp³-hybridized carbons (Fsp3) is 0.353. The van der Waals surface area contributed by atoms with E-state index in [9.17, 15) is 4.79 Å².